The minimum atomic E-state index is -1.26. The van der Waals surface area contributed by atoms with E-state index in [1.54, 1.807) is 32.4 Å². The van der Waals surface area contributed by atoms with Gasteiger partial charge in [0.2, 0.25) is 0 Å². The first-order chi connectivity index (χ1) is 24.0. The van der Waals surface area contributed by atoms with Crippen LogP contribution in [-0.2, 0) is 4.79 Å². The van der Waals surface area contributed by atoms with Crippen molar-refractivity contribution in [1.29, 1.82) is 5.26 Å². The summed E-state index contributed by atoms with van der Waals surface area (Å²) in [6, 6.07) is 52.1. The van der Waals surface area contributed by atoms with Gasteiger partial charge in [-0.2, -0.15) is 5.26 Å². The van der Waals surface area contributed by atoms with Crippen LogP contribution in [0.1, 0.15) is 5.56 Å². The van der Waals surface area contributed by atoms with Crippen LogP contribution >= 0.6 is 0 Å². The van der Waals surface area contributed by atoms with E-state index in [0.29, 0.717) is 5.56 Å². The molecule has 0 unspecified atom stereocenters. The summed E-state index contributed by atoms with van der Waals surface area (Å²) in [5, 5.41) is 18.4. The first-order valence-electron chi connectivity index (χ1n) is 15.6. The van der Waals surface area contributed by atoms with Crippen molar-refractivity contribution in [3.05, 3.63) is 163 Å². The van der Waals surface area contributed by atoms with Gasteiger partial charge in [0.25, 0.3) is 0 Å². The molecule has 0 aliphatic heterocycles. The maximum atomic E-state index is 11.3. The van der Waals surface area contributed by atoms with Gasteiger partial charge in [-0.3, -0.25) is 0 Å². The Bertz CT molecular complexity index is 2090. The number of carboxylic acids is 1. The summed E-state index contributed by atoms with van der Waals surface area (Å²) < 4.78 is 10.8. The number of carboxylic acid groups (broad SMARTS) is 1. The van der Waals surface area contributed by atoms with Crippen LogP contribution in [0.3, 0.4) is 0 Å². The molecule has 0 fully saturated rings. The van der Waals surface area contributed by atoms with Crippen molar-refractivity contribution in [2.24, 2.45) is 0 Å². The zero-order valence-electron chi connectivity index (χ0n) is 27.0. The molecule has 0 radical (unpaired) electrons. The van der Waals surface area contributed by atoms with E-state index in [9.17, 15) is 15.2 Å². The third-order valence-corrected chi connectivity index (χ3v) is 8.07. The van der Waals surface area contributed by atoms with Crippen LogP contribution in [-0.4, -0.2) is 25.3 Å². The molecule has 6 aromatic carbocycles. The highest BCUT2D eigenvalue weighted by Crippen LogP contribution is 2.38. The fraction of sp³-hybridized carbons (Fsp3) is 0.0476. The molecule has 0 bridgehead atoms. The molecule has 0 saturated carbocycles. The highest BCUT2D eigenvalue weighted by molar-refractivity contribution is 5.96. The molecule has 7 heteroatoms. The van der Waals surface area contributed by atoms with Crippen molar-refractivity contribution in [2.75, 3.05) is 24.0 Å². The second-order valence-corrected chi connectivity index (χ2v) is 11.1. The summed E-state index contributed by atoms with van der Waals surface area (Å²) >= 11 is 0. The summed E-state index contributed by atoms with van der Waals surface area (Å²) in [5.41, 5.74) is 8.29. The molecule has 0 aromatic heterocycles. The van der Waals surface area contributed by atoms with Gasteiger partial charge in [-0.05, 0) is 120 Å². The Morgan fingerprint density at radius 2 is 0.898 bits per heavy atom. The van der Waals surface area contributed by atoms with Crippen molar-refractivity contribution in [3.8, 4) is 28.7 Å². The number of benzene rings is 6. The van der Waals surface area contributed by atoms with Gasteiger partial charge < -0.3 is 24.4 Å². The van der Waals surface area contributed by atoms with Gasteiger partial charge in [-0.1, -0.05) is 54.6 Å². The quantitative estimate of drug-likeness (QED) is 0.111. The van der Waals surface area contributed by atoms with Crippen LogP contribution < -0.4 is 19.3 Å². The minimum absolute atomic E-state index is 0.322. The van der Waals surface area contributed by atoms with Crippen molar-refractivity contribution in [2.45, 2.75) is 0 Å². The Morgan fingerprint density at radius 1 is 0.551 bits per heavy atom. The predicted octanol–water partition coefficient (Wildman–Crippen LogP) is 10.3. The van der Waals surface area contributed by atoms with E-state index >= 15 is 0 Å². The number of rotatable bonds is 11. The second-order valence-electron chi connectivity index (χ2n) is 11.1. The summed E-state index contributed by atoms with van der Waals surface area (Å²) in [6.07, 6.45) is 1.36. The van der Waals surface area contributed by atoms with Crippen molar-refractivity contribution >= 4 is 46.2 Å². The lowest BCUT2D eigenvalue weighted by Gasteiger charge is -2.26. The number of anilines is 6. The summed E-state index contributed by atoms with van der Waals surface area (Å²) in [4.78, 5) is 15.6. The first-order valence-corrected chi connectivity index (χ1v) is 15.6. The van der Waals surface area contributed by atoms with E-state index in [1.165, 1.54) is 6.08 Å². The van der Waals surface area contributed by atoms with Crippen LogP contribution in [0.5, 0.6) is 11.5 Å². The third kappa shape index (κ3) is 7.30. The average Bonchev–Trinajstić information content (AvgIpc) is 3.16. The van der Waals surface area contributed by atoms with Crippen molar-refractivity contribution in [1.82, 2.24) is 0 Å². The number of aliphatic carboxylic acids is 1. The molecule has 7 nitrogen and oxygen atoms in total. The van der Waals surface area contributed by atoms with Crippen LogP contribution in [0.2, 0.25) is 0 Å². The maximum absolute atomic E-state index is 11.3. The molecule has 0 spiro atoms. The van der Waals surface area contributed by atoms with Crippen molar-refractivity contribution < 1.29 is 19.4 Å². The largest absolute Gasteiger partial charge is 0.497 e. The fourth-order valence-electron chi connectivity index (χ4n) is 5.57. The van der Waals surface area contributed by atoms with E-state index in [0.717, 1.165) is 56.8 Å². The third-order valence-electron chi connectivity index (χ3n) is 8.07. The van der Waals surface area contributed by atoms with Gasteiger partial charge in [0.1, 0.15) is 23.1 Å². The fourth-order valence-corrected chi connectivity index (χ4v) is 5.57. The Balaban J connectivity index is 1.31. The van der Waals surface area contributed by atoms with E-state index in [4.69, 9.17) is 9.47 Å². The van der Waals surface area contributed by atoms with E-state index in [2.05, 4.69) is 82.6 Å². The predicted molar refractivity (Wildman–Crippen MR) is 196 cm³/mol. The molecule has 49 heavy (non-hydrogen) atoms. The monoisotopic (exact) mass is 643 g/mol. The molecule has 240 valence electrons. The summed E-state index contributed by atoms with van der Waals surface area (Å²) in [5.74, 6) is 0.297. The number of para-hydroxylation sites is 1. The molecule has 6 aromatic rings. The topological polar surface area (TPSA) is 86.0 Å². The molecule has 0 aliphatic rings. The summed E-state index contributed by atoms with van der Waals surface area (Å²) in [6.45, 7) is 0. The van der Waals surface area contributed by atoms with Gasteiger partial charge in [-0.15, -0.1) is 0 Å². The molecule has 0 amide bonds. The lowest BCUT2D eigenvalue weighted by atomic mass is 10.0. The maximum Gasteiger partial charge on any atom is 0.346 e. The highest BCUT2D eigenvalue weighted by atomic mass is 16.5. The van der Waals surface area contributed by atoms with E-state index in [-0.39, 0.29) is 5.57 Å². The summed E-state index contributed by atoms with van der Waals surface area (Å²) in [7, 11) is 3.30. The molecule has 6 rings (SSSR count). The van der Waals surface area contributed by atoms with Gasteiger partial charge in [0, 0.05) is 34.1 Å². The van der Waals surface area contributed by atoms with Crippen molar-refractivity contribution in [3.63, 3.8) is 0 Å². The van der Waals surface area contributed by atoms with E-state index < -0.39 is 5.97 Å². The molecule has 0 atom stereocenters. The highest BCUT2D eigenvalue weighted by Gasteiger charge is 2.15. The first kappa shape index (κ1) is 32.2. The normalized spacial score (nSPS) is 10.9. The Hall–Kier alpha value is -6.78. The second kappa shape index (κ2) is 14.8. The van der Waals surface area contributed by atoms with Gasteiger partial charge in [-0.25, -0.2) is 4.79 Å². The molecular formula is C42H33N3O4. The molecule has 0 heterocycles. The zero-order chi connectivity index (χ0) is 34.2. The number of ether oxygens (including phenoxy) is 2. The standard InChI is InChI=1S/C42H33N3O4/c1-48-40-24-20-38(21-25-40)44(34-6-4-3-5-7-34)36-16-10-31(11-17-36)32-12-18-37(19-13-32)45(39-22-26-41(49-2)27-23-39)35-14-8-30(9-15-35)28-33(29-43)42(46)47/h3-28H,1-2H3,(H,46,47)/b33-28-. The Kier molecular flexibility index (Phi) is 9.69. The number of hydrogen-bond acceptors (Lipinski definition) is 6. The Morgan fingerprint density at radius 3 is 1.24 bits per heavy atom. The number of hydrogen-bond donors (Lipinski definition) is 1. The van der Waals surface area contributed by atoms with Crippen LogP contribution in [0.4, 0.5) is 34.1 Å². The minimum Gasteiger partial charge on any atom is -0.497 e. The van der Waals surface area contributed by atoms with E-state index in [1.807, 2.05) is 66.7 Å². The lowest BCUT2D eigenvalue weighted by Crippen LogP contribution is -2.10. The average molecular weight is 644 g/mol. The van der Waals surface area contributed by atoms with Crippen LogP contribution in [0, 0.1) is 11.3 Å². The number of nitriles is 1. The molecule has 0 aliphatic carbocycles. The smallest absolute Gasteiger partial charge is 0.346 e. The van der Waals surface area contributed by atoms with Gasteiger partial charge in [0.15, 0.2) is 0 Å². The SMILES string of the molecule is COc1ccc(N(c2ccccc2)c2ccc(-c3ccc(N(c4ccc(/C=C(/C#N)C(=O)O)cc4)c4ccc(OC)cc4)cc3)cc2)cc1. The van der Waals surface area contributed by atoms with Gasteiger partial charge >= 0.3 is 5.97 Å². The number of methoxy groups -OCH3 is 2. The van der Waals surface area contributed by atoms with Crippen LogP contribution in [0.15, 0.2) is 157 Å². The Labute approximate surface area is 285 Å². The number of carbonyl (C=O) groups is 1. The van der Waals surface area contributed by atoms with Gasteiger partial charge in [0.05, 0.1) is 14.2 Å². The molecule has 1 N–H and O–H groups in total. The molecular weight excluding hydrogens is 610 g/mol. The number of nitrogens with zero attached hydrogens (tertiary/aromatic N) is 3. The lowest BCUT2D eigenvalue weighted by molar-refractivity contribution is -0.132. The zero-order valence-corrected chi connectivity index (χ0v) is 27.0. The molecule has 0 saturated heterocycles. The van der Waals surface area contributed by atoms with Crippen LogP contribution in [0.25, 0.3) is 17.2 Å².